The molecule has 0 aromatic carbocycles. The molecular weight excluding hydrogens is 202 g/mol. The highest BCUT2D eigenvalue weighted by atomic mass is 16.5. The molecule has 0 aliphatic heterocycles. The maximum absolute atomic E-state index is 10.1. The first-order valence-corrected chi connectivity index (χ1v) is 5.87. The van der Waals surface area contributed by atoms with Gasteiger partial charge in [0.15, 0.2) is 0 Å². The molecule has 0 amide bonds. The molecule has 1 aliphatic rings. The summed E-state index contributed by atoms with van der Waals surface area (Å²) in [7, 11) is 0. The van der Waals surface area contributed by atoms with E-state index in [4.69, 9.17) is 4.74 Å². The van der Waals surface area contributed by atoms with Gasteiger partial charge in [0.25, 0.3) is 0 Å². The zero-order valence-electron chi connectivity index (χ0n) is 10.1. The molecule has 3 unspecified atom stereocenters. The van der Waals surface area contributed by atoms with Gasteiger partial charge in [-0.15, -0.1) is 0 Å². The standard InChI is InChI=1S/C13H19NO2/c1-8(2)16-11-5-10(6-14-7-11)13(15)12-4-9(12)3/h5-9,12-13,15H,4H2,1-3H3. The molecule has 1 fully saturated rings. The second-order valence-corrected chi connectivity index (χ2v) is 4.94. The number of rotatable bonds is 4. The van der Waals surface area contributed by atoms with Gasteiger partial charge >= 0.3 is 0 Å². The highest BCUT2D eigenvalue weighted by molar-refractivity contribution is 5.26. The Balaban J connectivity index is 2.09. The van der Waals surface area contributed by atoms with Crippen molar-refractivity contribution in [2.24, 2.45) is 11.8 Å². The molecule has 16 heavy (non-hydrogen) atoms. The molecular formula is C13H19NO2. The fourth-order valence-corrected chi connectivity index (χ4v) is 1.97. The molecule has 3 nitrogen and oxygen atoms in total. The van der Waals surface area contributed by atoms with Crippen molar-refractivity contribution in [3.63, 3.8) is 0 Å². The first kappa shape index (κ1) is 11.4. The predicted octanol–water partition coefficient (Wildman–Crippen LogP) is 2.56. The van der Waals surface area contributed by atoms with Crippen molar-refractivity contribution in [2.45, 2.75) is 39.4 Å². The summed E-state index contributed by atoms with van der Waals surface area (Å²) in [5.74, 6) is 1.76. The van der Waals surface area contributed by atoms with Crippen LogP contribution in [-0.4, -0.2) is 16.2 Å². The quantitative estimate of drug-likeness (QED) is 0.849. The summed E-state index contributed by atoms with van der Waals surface area (Å²) in [5, 5.41) is 10.1. The van der Waals surface area contributed by atoms with Crippen LogP contribution in [0.1, 0.15) is 38.9 Å². The zero-order valence-corrected chi connectivity index (χ0v) is 10.1. The molecule has 88 valence electrons. The first-order chi connectivity index (χ1) is 7.58. The van der Waals surface area contributed by atoms with Crippen LogP contribution in [-0.2, 0) is 0 Å². The van der Waals surface area contributed by atoms with Crippen molar-refractivity contribution >= 4 is 0 Å². The average Bonchev–Trinajstić information content (AvgIpc) is 2.94. The van der Waals surface area contributed by atoms with Crippen LogP contribution in [0.25, 0.3) is 0 Å². The van der Waals surface area contributed by atoms with Gasteiger partial charge in [0.05, 0.1) is 18.4 Å². The summed E-state index contributed by atoms with van der Waals surface area (Å²) >= 11 is 0. The molecule has 1 saturated carbocycles. The topological polar surface area (TPSA) is 42.4 Å². The van der Waals surface area contributed by atoms with Gasteiger partial charge in [0, 0.05) is 11.8 Å². The third-order valence-electron chi connectivity index (χ3n) is 3.02. The van der Waals surface area contributed by atoms with E-state index >= 15 is 0 Å². The fourth-order valence-electron chi connectivity index (χ4n) is 1.97. The summed E-state index contributed by atoms with van der Waals surface area (Å²) < 4.78 is 5.56. The molecule has 1 heterocycles. The number of hydrogen-bond donors (Lipinski definition) is 1. The van der Waals surface area contributed by atoms with Gasteiger partial charge in [-0.05, 0) is 38.2 Å². The monoisotopic (exact) mass is 221 g/mol. The molecule has 0 radical (unpaired) electrons. The zero-order chi connectivity index (χ0) is 11.7. The van der Waals surface area contributed by atoms with Crippen LogP contribution in [0.5, 0.6) is 5.75 Å². The third-order valence-corrected chi connectivity index (χ3v) is 3.02. The largest absolute Gasteiger partial charge is 0.489 e. The molecule has 1 N–H and O–H groups in total. The Hall–Kier alpha value is -1.09. The summed E-state index contributed by atoms with van der Waals surface area (Å²) in [4.78, 5) is 4.11. The minimum Gasteiger partial charge on any atom is -0.489 e. The Bertz CT molecular complexity index is 365. The minimum atomic E-state index is -0.391. The Morgan fingerprint density at radius 3 is 2.69 bits per heavy atom. The predicted molar refractivity (Wildman–Crippen MR) is 62.2 cm³/mol. The number of pyridine rings is 1. The van der Waals surface area contributed by atoms with Crippen LogP contribution in [0, 0.1) is 11.8 Å². The molecule has 1 aromatic rings. The second-order valence-electron chi connectivity index (χ2n) is 4.94. The van der Waals surface area contributed by atoms with Crippen LogP contribution in [0.3, 0.4) is 0 Å². The van der Waals surface area contributed by atoms with E-state index in [-0.39, 0.29) is 6.10 Å². The van der Waals surface area contributed by atoms with Crippen molar-refractivity contribution < 1.29 is 9.84 Å². The Morgan fingerprint density at radius 2 is 2.12 bits per heavy atom. The molecule has 3 atom stereocenters. The lowest BCUT2D eigenvalue weighted by Gasteiger charge is -2.13. The SMILES string of the molecule is CC(C)Oc1cncc(C(O)C2CC2C)c1. The van der Waals surface area contributed by atoms with E-state index in [9.17, 15) is 5.11 Å². The van der Waals surface area contributed by atoms with Gasteiger partial charge in [-0.25, -0.2) is 0 Å². The number of aliphatic hydroxyl groups excluding tert-OH is 1. The van der Waals surface area contributed by atoms with Crippen LogP contribution < -0.4 is 4.74 Å². The van der Waals surface area contributed by atoms with Crippen molar-refractivity contribution in [1.82, 2.24) is 4.98 Å². The smallest absolute Gasteiger partial charge is 0.138 e. The van der Waals surface area contributed by atoms with Crippen LogP contribution in [0.4, 0.5) is 0 Å². The normalized spacial score (nSPS) is 25.6. The van der Waals surface area contributed by atoms with Crippen molar-refractivity contribution in [3.05, 3.63) is 24.0 Å². The summed E-state index contributed by atoms with van der Waals surface area (Å²) in [5.41, 5.74) is 0.868. The summed E-state index contributed by atoms with van der Waals surface area (Å²) in [6.07, 6.45) is 4.26. The lowest BCUT2D eigenvalue weighted by molar-refractivity contribution is 0.147. The van der Waals surface area contributed by atoms with Crippen molar-refractivity contribution in [3.8, 4) is 5.75 Å². The van der Waals surface area contributed by atoms with E-state index in [1.54, 1.807) is 12.4 Å². The van der Waals surface area contributed by atoms with Gasteiger partial charge in [-0.2, -0.15) is 0 Å². The molecule has 1 aliphatic carbocycles. The van der Waals surface area contributed by atoms with Gasteiger partial charge < -0.3 is 9.84 Å². The third kappa shape index (κ3) is 2.53. The van der Waals surface area contributed by atoms with Gasteiger partial charge in [-0.3, -0.25) is 4.98 Å². The molecule has 0 spiro atoms. The Morgan fingerprint density at radius 1 is 1.44 bits per heavy atom. The molecule has 3 heteroatoms. The van der Waals surface area contributed by atoms with Gasteiger partial charge in [-0.1, -0.05) is 6.92 Å². The van der Waals surface area contributed by atoms with E-state index in [0.29, 0.717) is 11.8 Å². The Kier molecular flexibility index (Phi) is 3.15. The number of nitrogens with zero attached hydrogens (tertiary/aromatic N) is 1. The second kappa shape index (κ2) is 4.42. The Labute approximate surface area is 96.5 Å². The van der Waals surface area contributed by atoms with E-state index in [1.807, 2.05) is 19.9 Å². The number of hydrogen-bond acceptors (Lipinski definition) is 3. The van der Waals surface area contributed by atoms with E-state index in [1.165, 1.54) is 0 Å². The summed E-state index contributed by atoms with van der Waals surface area (Å²) in [6.45, 7) is 6.12. The fraction of sp³-hybridized carbons (Fsp3) is 0.615. The van der Waals surface area contributed by atoms with E-state index in [0.717, 1.165) is 17.7 Å². The average molecular weight is 221 g/mol. The number of aromatic nitrogens is 1. The van der Waals surface area contributed by atoms with Crippen molar-refractivity contribution in [2.75, 3.05) is 0 Å². The summed E-state index contributed by atoms with van der Waals surface area (Å²) in [6, 6.07) is 1.89. The molecule has 1 aromatic heterocycles. The van der Waals surface area contributed by atoms with Gasteiger partial charge in [0.1, 0.15) is 5.75 Å². The highest BCUT2D eigenvalue weighted by Gasteiger charge is 2.39. The van der Waals surface area contributed by atoms with Crippen molar-refractivity contribution in [1.29, 1.82) is 0 Å². The lowest BCUT2D eigenvalue weighted by atomic mass is 10.1. The molecule has 0 saturated heterocycles. The number of aliphatic hydroxyl groups is 1. The van der Waals surface area contributed by atoms with Crippen LogP contribution in [0.15, 0.2) is 18.5 Å². The van der Waals surface area contributed by atoms with E-state index < -0.39 is 6.10 Å². The maximum atomic E-state index is 10.1. The van der Waals surface area contributed by atoms with Gasteiger partial charge in [0.2, 0.25) is 0 Å². The minimum absolute atomic E-state index is 0.133. The van der Waals surface area contributed by atoms with E-state index in [2.05, 4.69) is 11.9 Å². The lowest BCUT2D eigenvalue weighted by Crippen LogP contribution is -2.07. The molecule has 2 rings (SSSR count). The number of ether oxygens (including phenoxy) is 1. The van der Waals surface area contributed by atoms with Crippen LogP contribution >= 0.6 is 0 Å². The van der Waals surface area contributed by atoms with Crippen LogP contribution in [0.2, 0.25) is 0 Å². The first-order valence-electron chi connectivity index (χ1n) is 5.87. The highest BCUT2D eigenvalue weighted by Crippen LogP contribution is 2.46. The maximum Gasteiger partial charge on any atom is 0.138 e. The molecule has 0 bridgehead atoms.